The van der Waals surface area contributed by atoms with Crippen LogP contribution in [0.3, 0.4) is 0 Å². The van der Waals surface area contributed by atoms with Gasteiger partial charge in [-0.15, -0.1) is 0 Å². The van der Waals surface area contributed by atoms with Crippen LogP contribution < -0.4 is 5.32 Å². The molecule has 0 saturated carbocycles. The fourth-order valence-corrected chi connectivity index (χ4v) is 2.53. The van der Waals surface area contributed by atoms with Crippen molar-refractivity contribution in [3.63, 3.8) is 0 Å². The van der Waals surface area contributed by atoms with Gasteiger partial charge >= 0.3 is 0 Å². The molecule has 1 N–H and O–H groups in total. The smallest absolute Gasteiger partial charge is 0.222 e. The van der Waals surface area contributed by atoms with Crippen molar-refractivity contribution in [1.82, 2.24) is 14.9 Å². The third-order valence-corrected chi connectivity index (χ3v) is 3.30. The van der Waals surface area contributed by atoms with E-state index in [1.807, 2.05) is 0 Å². The highest BCUT2D eigenvalue weighted by Crippen LogP contribution is 2.11. The summed E-state index contributed by atoms with van der Waals surface area (Å²) in [6.45, 7) is 8.16. The van der Waals surface area contributed by atoms with Crippen LogP contribution in [0.2, 0.25) is 0 Å². The molecule has 2 atom stereocenters. The first-order valence-corrected chi connectivity index (χ1v) is 7.22. The number of anilines is 1. The monoisotopic (exact) mass is 282 g/mol. The fraction of sp³-hybridized carbons (Fsp3) is 0.714. The summed E-state index contributed by atoms with van der Waals surface area (Å²) < 4.78 is 18.3. The van der Waals surface area contributed by atoms with E-state index >= 15 is 0 Å². The van der Waals surface area contributed by atoms with Crippen molar-refractivity contribution in [2.24, 2.45) is 0 Å². The van der Waals surface area contributed by atoms with Crippen molar-refractivity contribution in [1.29, 1.82) is 0 Å². The van der Waals surface area contributed by atoms with Crippen LogP contribution in [-0.4, -0.2) is 53.3 Å². The van der Waals surface area contributed by atoms with Crippen molar-refractivity contribution >= 4 is 5.95 Å². The van der Waals surface area contributed by atoms with E-state index in [0.29, 0.717) is 18.2 Å². The lowest BCUT2D eigenvalue weighted by molar-refractivity contribution is -0.0681. The van der Waals surface area contributed by atoms with E-state index in [1.165, 1.54) is 12.4 Å². The minimum Gasteiger partial charge on any atom is -0.373 e. The zero-order valence-electron chi connectivity index (χ0n) is 12.2. The Hall–Kier alpha value is -1.27. The molecule has 2 heterocycles. The molecule has 1 aromatic rings. The summed E-state index contributed by atoms with van der Waals surface area (Å²) in [7, 11) is 0. The van der Waals surface area contributed by atoms with Gasteiger partial charge in [-0.1, -0.05) is 0 Å². The normalized spacial score (nSPS) is 23.8. The van der Waals surface area contributed by atoms with Gasteiger partial charge in [0.25, 0.3) is 0 Å². The topological polar surface area (TPSA) is 50.3 Å². The molecule has 2 unspecified atom stereocenters. The van der Waals surface area contributed by atoms with Crippen molar-refractivity contribution < 1.29 is 9.13 Å². The number of nitrogens with one attached hydrogen (secondary N) is 1. The summed E-state index contributed by atoms with van der Waals surface area (Å²) in [6.07, 6.45) is 5.15. The standard InChI is InChI=1S/C14H23FN4O/c1-11-9-19(10-12(2)20-11)6-4-3-5-16-14-17-7-13(15)8-18-14/h7-8,11-12H,3-6,9-10H2,1-2H3,(H,16,17,18). The molecule has 6 heteroatoms. The predicted molar refractivity (Wildman–Crippen MR) is 76.2 cm³/mol. The van der Waals surface area contributed by atoms with Crippen LogP contribution in [0.5, 0.6) is 0 Å². The average molecular weight is 282 g/mol. The second kappa shape index (κ2) is 7.50. The van der Waals surface area contributed by atoms with Crippen LogP contribution in [-0.2, 0) is 4.74 Å². The molecule has 0 radical (unpaired) electrons. The molecule has 0 aliphatic carbocycles. The molecule has 112 valence electrons. The predicted octanol–water partition coefficient (Wildman–Crippen LogP) is 1.92. The fourth-order valence-electron chi connectivity index (χ4n) is 2.53. The number of ether oxygens (including phenoxy) is 1. The lowest BCUT2D eigenvalue weighted by atomic mass is 10.2. The summed E-state index contributed by atoms with van der Waals surface area (Å²) in [5.41, 5.74) is 0. The maximum absolute atomic E-state index is 12.6. The van der Waals surface area contributed by atoms with E-state index < -0.39 is 5.82 Å². The van der Waals surface area contributed by atoms with Crippen LogP contribution in [0.25, 0.3) is 0 Å². The molecule has 2 rings (SSSR count). The van der Waals surface area contributed by atoms with Gasteiger partial charge in [0.1, 0.15) is 0 Å². The number of aromatic nitrogens is 2. The van der Waals surface area contributed by atoms with Gasteiger partial charge in [0.15, 0.2) is 5.82 Å². The zero-order valence-corrected chi connectivity index (χ0v) is 12.2. The van der Waals surface area contributed by atoms with Crippen LogP contribution >= 0.6 is 0 Å². The van der Waals surface area contributed by atoms with Crippen LogP contribution in [0, 0.1) is 5.82 Å². The Morgan fingerprint density at radius 2 is 1.90 bits per heavy atom. The number of rotatable bonds is 6. The molecule has 1 aliphatic rings. The molecule has 0 amide bonds. The van der Waals surface area contributed by atoms with Gasteiger partial charge < -0.3 is 10.1 Å². The minimum atomic E-state index is -0.411. The molecule has 1 fully saturated rings. The highest BCUT2D eigenvalue weighted by molar-refractivity contribution is 5.21. The molecular formula is C14H23FN4O. The van der Waals surface area contributed by atoms with E-state index in [-0.39, 0.29) is 0 Å². The second-order valence-corrected chi connectivity index (χ2v) is 5.38. The molecule has 0 aromatic carbocycles. The zero-order chi connectivity index (χ0) is 14.4. The largest absolute Gasteiger partial charge is 0.373 e. The Morgan fingerprint density at radius 3 is 2.55 bits per heavy atom. The maximum atomic E-state index is 12.6. The molecular weight excluding hydrogens is 259 g/mol. The van der Waals surface area contributed by atoms with Crippen LogP contribution in [0.1, 0.15) is 26.7 Å². The third-order valence-electron chi connectivity index (χ3n) is 3.30. The van der Waals surface area contributed by atoms with Gasteiger partial charge in [-0.25, -0.2) is 14.4 Å². The van der Waals surface area contributed by atoms with Gasteiger partial charge in [-0.2, -0.15) is 0 Å². The third kappa shape index (κ3) is 5.02. The SMILES string of the molecule is CC1CN(CCCCNc2ncc(F)cn2)CC(C)O1. The number of halogens is 1. The molecule has 1 aromatic heterocycles. The molecule has 5 nitrogen and oxygen atoms in total. The van der Waals surface area contributed by atoms with Gasteiger partial charge in [-0.05, 0) is 33.2 Å². The number of hydrogen-bond donors (Lipinski definition) is 1. The average Bonchev–Trinajstić information content (AvgIpc) is 2.39. The molecule has 0 bridgehead atoms. The van der Waals surface area contributed by atoms with Crippen LogP contribution in [0.4, 0.5) is 10.3 Å². The first-order chi connectivity index (χ1) is 9.63. The molecule has 20 heavy (non-hydrogen) atoms. The number of nitrogens with zero attached hydrogens (tertiary/aromatic N) is 3. The van der Waals surface area contributed by atoms with Crippen molar-refractivity contribution in [2.45, 2.75) is 38.9 Å². The van der Waals surface area contributed by atoms with E-state index in [4.69, 9.17) is 4.74 Å². The number of morpholine rings is 1. The van der Waals surface area contributed by atoms with Crippen molar-refractivity contribution in [2.75, 3.05) is 31.5 Å². The highest BCUT2D eigenvalue weighted by atomic mass is 19.1. The second-order valence-electron chi connectivity index (χ2n) is 5.38. The molecule has 1 aliphatic heterocycles. The maximum Gasteiger partial charge on any atom is 0.222 e. The Labute approximate surface area is 119 Å². The van der Waals surface area contributed by atoms with Gasteiger partial charge in [0.2, 0.25) is 5.95 Å². The van der Waals surface area contributed by atoms with Crippen LogP contribution in [0.15, 0.2) is 12.4 Å². The molecule has 1 saturated heterocycles. The Bertz CT molecular complexity index is 391. The van der Waals surface area contributed by atoms with Gasteiger partial charge in [0, 0.05) is 19.6 Å². The van der Waals surface area contributed by atoms with E-state index in [0.717, 1.165) is 39.0 Å². The van der Waals surface area contributed by atoms with Gasteiger partial charge in [-0.3, -0.25) is 4.90 Å². The van der Waals surface area contributed by atoms with E-state index in [2.05, 4.69) is 34.0 Å². The lowest BCUT2D eigenvalue weighted by Gasteiger charge is -2.35. The highest BCUT2D eigenvalue weighted by Gasteiger charge is 2.21. The first kappa shape index (κ1) is 15.1. The summed E-state index contributed by atoms with van der Waals surface area (Å²) in [4.78, 5) is 10.2. The number of unbranched alkanes of at least 4 members (excludes halogenated alkanes) is 1. The van der Waals surface area contributed by atoms with Crippen molar-refractivity contribution in [3.05, 3.63) is 18.2 Å². The van der Waals surface area contributed by atoms with Crippen molar-refractivity contribution in [3.8, 4) is 0 Å². The minimum absolute atomic E-state index is 0.324. The Morgan fingerprint density at radius 1 is 1.25 bits per heavy atom. The summed E-state index contributed by atoms with van der Waals surface area (Å²) >= 11 is 0. The summed E-state index contributed by atoms with van der Waals surface area (Å²) in [5, 5.41) is 3.10. The number of hydrogen-bond acceptors (Lipinski definition) is 5. The first-order valence-electron chi connectivity index (χ1n) is 7.22. The van der Waals surface area contributed by atoms with Gasteiger partial charge in [0.05, 0.1) is 24.6 Å². The van der Waals surface area contributed by atoms with E-state index in [9.17, 15) is 4.39 Å². The summed E-state index contributed by atoms with van der Waals surface area (Å²) in [6, 6.07) is 0. The lowest BCUT2D eigenvalue weighted by Crippen LogP contribution is -2.45. The quantitative estimate of drug-likeness (QED) is 0.808. The molecule has 0 spiro atoms. The summed E-state index contributed by atoms with van der Waals surface area (Å²) in [5.74, 6) is 0.0751. The Kier molecular flexibility index (Phi) is 5.67. The Balaban J connectivity index is 1.58. The van der Waals surface area contributed by atoms with E-state index in [1.54, 1.807) is 0 Å².